The molecular weight excluding hydrogens is 358 g/mol. The van der Waals surface area contributed by atoms with Crippen molar-refractivity contribution in [2.45, 2.75) is 44.4 Å². The smallest absolute Gasteiger partial charge is 0.0928 e. The molecule has 2 fully saturated rings. The zero-order chi connectivity index (χ0) is 12.7. The monoisotopic (exact) mass is 371 g/mol. The van der Waals surface area contributed by atoms with E-state index >= 15 is 0 Å². The van der Waals surface area contributed by atoms with Gasteiger partial charge in [-0.25, -0.2) is 0 Å². The number of hydrogen-bond acceptors (Lipinski definition) is 2. The Kier molecular flexibility index (Phi) is 2.17. The van der Waals surface area contributed by atoms with E-state index in [4.69, 9.17) is 4.74 Å². The van der Waals surface area contributed by atoms with Crippen LogP contribution in [0.2, 0.25) is 0 Å². The molecule has 4 rings (SSSR count). The molecule has 1 aliphatic carbocycles. The van der Waals surface area contributed by atoms with Crippen LogP contribution in [0.15, 0.2) is 21.1 Å². The van der Waals surface area contributed by atoms with Gasteiger partial charge in [-0.3, -0.25) is 0 Å². The lowest BCUT2D eigenvalue weighted by Crippen LogP contribution is -2.43. The molecule has 1 N–H and O–H groups in total. The van der Waals surface area contributed by atoms with Gasteiger partial charge < -0.3 is 10.1 Å². The van der Waals surface area contributed by atoms with Gasteiger partial charge in [-0.15, -0.1) is 0 Å². The second-order valence-electron chi connectivity index (χ2n) is 6.25. The molecule has 4 atom stereocenters. The van der Waals surface area contributed by atoms with E-state index in [0.717, 1.165) is 15.4 Å². The van der Waals surface area contributed by atoms with Crippen LogP contribution >= 0.6 is 31.9 Å². The summed E-state index contributed by atoms with van der Waals surface area (Å²) in [5.74, 6) is 0. The Hall–Kier alpha value is -0.0600. The van der Waals surface area contributed by atoms with Crippen LogP contribution in [0.25, 0.3) is 0 Å². The molecule has 0 spiro atoms. The zero-order valence-electron chi connectivity index (χ0n) is 10.4. The van der Waals surface area contributed by atoms with Gasteiger partial charge in [-0.2, -0.15) is 0 Å². The Morgan fingerprint density at radius 1 is 1.28 bits per heavy atom. The summed E-state index contributed by atoms with van der Waals surface area (Å²) in [4.78, 5) is 0. The Balaban J connectivity index is 1.95. The van der Waals surface area contributed by atoms with E-state index in [2.05, 4.69) is 63.2 Å². The third-order valence-corrected chi connectivity index (χ3v) is 6.16. The summed E-state index contributed by atoms with van der Waals surface area (Å²) in [5.41, 5.74) is 2.74. The number of fused-ring (bicyclic) bond motifs is 2. The molecule has 2 aliphatic heterocycles. The summed E-state index contributed by atoms with van der Waals surface area (Å²) in [6.45, 7) is 4.62. The van der Waals surface area contributed by atoms with Gasteiger partial charge in [0.2, 0.25) is 0 Å². The van der Waals surface area contributed by atoms with E-state index < -0.39 is 0 Å². The fourth-order valence-electron chi connectivity index (χ4n) is 4.15. The molecule has 0 amide bonds. The lowest BCUT2D eigenvalue weighted by atomic mass is 9.74. The van der Waals surface area contributed by atoms with Crippen molar-refractivity contribution in [1.82, 2.24) is 0 Å². The molecular formula is C14H15Br2NO. The van der Waals surface area contributed by atoms with Crippen LogP contribution in [-0.4, -0.2) is 11.6 Å². The molecule has 3 aliphatic rings. The van der Waals surface area contributed by atoms with E-state index in [1.165, 1.54) is 17.7 Å². The summed E-state index contributed by atoms with van der Waals surface area (Å²) >= 11 is 7.25. The van der Waals surface area contributed by atoms with Crippen LogP contribution in [0.4, 0.5) is 5.69 Å². The van der Waals surface area contributed by atoms with Crippen LogP contribution in [0.5, 0.6) is 0 Å². The topological polar surface area (TPSA) is 21.3 Å². The van der Waals surface area contributed by atoms with E-state index in [1.54, 1.807) is 0 Å². The van der Waals surface area contributed by atoms with Crippen molar-refractivity contribution in [2.24, 2.45) is 5.41 Å². The standard InChI is InChI=1S/C14H15Br2NO/c1-13-3-4-14(2)12(13)17-10-8(11(13)18-14)5-7(15)6-9(10)16/h5-6,11-12,17H,3-4H2,1-2H3/t11?,12?,13-,14+/m0/s1. The molecule has 4 heteroatoms. The molecule has 1 aromatic rings. The molecule has 96 valence electrons. The molecule has 4 bridgehead atoms. The van der Waals surface area contributed by atoms with E-state index in [0.29, 0.717) is 6.04 Å². The summed E-state index contributed by atoms with van der Waals surface area (Å²) in [7, 11) is 0. The Morgan fingerprint density at radius 3 is 2.83 bits per heavy atom. The highest BCUT2D eigenvalue weighted by Gasteiger charge is 2.67. The number of rotatable bonds is 0. The zero-order valence-corrected chi connectivity index (χ0v) is 13.6. The van der Waals surface area contributed by atoms with Crippen molar-refractivity contribution in [3.05, 3.63) is 26.6 Å². The highest BCUT2D eigenvalue weighted by molar-refractivity contribution is 9.11. The number of halogens is 2. The average molecular weight is 373 g/mol. The fourth-order valence-corrected chi connectivity index (χ4v) is 5.52. The number of benzene rings is 1. The molecule has 1 saturated carbocycles. The van der Waals surface area contributed by atoms with Gasteiger partial charge >= 0.3 is 0 Å². The minimum Gasteiger partial charge on any atom is -0.378 e. The van der Waals surface area contributed by atoms with Gasteiger partial charge in [0.15, 0.2) is 0 Å². The number of ether oxygens (including phenoxy) is 1. The maximum atomic E-state index is 6.41. The van der Waals surface area contributed by atoms with Gasteiger partial charge in [0.1, 0.15) is 0 Å². The Bertz CT molecular complexity index is 561. The number of hydrogen-bond donors (Lipinski definition) is 1. The molecule has 1 saturated heterocycles. The second-order valence-corrected chi connectivity index (χ2v) is 8.02. The van der Waals surface area contributed by atoms with Crippen LogP contribution in [0.1, 0.15) is 38.4 Å². The molecule has 0 aromatic heterocycles. The first kappa shape index (κ1) is 11.7. The minimum absolute atomic E-state index is 0.00957. The van der Waals surface area contributed by atoms with E-state index in [1.807, 2.05) is 0 Å². The highest BCUT2D eigenvalue weighted by atomic mass is 79.9. The van der Waals surface area contributed by atoms with Crippen molar-refractivity contribution in [3.63, 3.8) is 0 Å². The quantitative estimate of drug-likeness (QED) is 0.716. The summed E-state index contributed by atoms with van der Waals surface area (Å²) < 4.78 is 8.64. The van der Waals surface area contributed by atoms with Crippen molar-refractivity contribution >= 4 is 37.5 Å². The van der Waals surface area contributed by atoms with Crippen molar-refractivity contribution in [2.75, 3.05) is 5.32 Å². The van der Waals surface area contributed by atoms with E-state index in [-0.39, 0.29) is 17.1 Å². The lowest BCUT2D eigenvalue weighted by Gasteiger charge is -2.39. The Labute approximate surface area is 124 Å². The highest BCUT2D eigenvalue weighted by Crippen LogP contribution is 2.66. The van der Waals surface area contributed by atoms with Gasteiger partial charge in [-0.05, 0) is 47.8 Å². The SMILES string of the molecule is C[C@]12CC[C@@]3(C)OC1c1cc(Br)cc(Br)c1NC23. The normalized spacial score (nSPS) is 43.8. The molecule has 2 unspecified atom stereocenters. The maximum Gasteiger partial charge on any atom is 0.0928 e. The van der Waals surface area contributed by atoms with Gasteiger partial charge in [0.25, 0.3) is 0 Å². The summed E-state index contributed by atoms with van der Waals surface area (Å²) in [6.07, 6.45) is 2.63. The predicted octanol–water partition coefficient (Wildman–Crippen LogP) is 4.64. The van der Waals surface area contributed by atoms with Gasteiger partial charge in [0.05, 0.1) is 23.4 Å². The van der Waals surface area contributed by atoms with Crippen molar-refractivity contribution in [3.8, 4) is 0 Å². The first-order chi connectivity index (χ1) is 8.44. The molecule has 1 aromatic carbocycles. The van der Waals surface area contributed by atoms with Gasteiger partial charge in [0, 0.05) is 19.9 Å². The molecule has 2 heterocycles. The van der Waals surface area contributed by atoms with Crippen LogP contribution in [0, 0.1) is 5.41 Å². The van der Waals surface area contributed by atoms with Crippen LogP contribution < -0.4 is 5.32 Å². The summed E-state index contributed by atoms with van der Waals surface area (Å²) in [5, 5.41) is 3.73. The molecule has 0 radical (unpaired) electrons. The molecule has 2 nitrogen and oxygen atoms in total. The third-order valence-electron chi connectivity index (χ3n) is 5.07. The number of nitrogens with one attached hydrogen (secondary N) is 1. The minimum atomic E-state index is -0.00957. The van der Waals surface area contributed by atoms with Crippen molar-refractivity contribution < 1.29 is 4.74 Å². The van der Waals surface area contributed by atoms with E-state index in [9.17, 15) is 0 Å². The van der Waals surface area contributed by atoms with Crippen LogP contribution in [-0.2, 0) is 4.74 Å². The number of anilines is 1. The lowest BCUT2D eigenvalue weighted by molar-refractivity contribution is -0.0764. The predicted molar refractivity (Wildman–Crippen MR) is 78.8 cm³/mol. The first-order valence-electron chi connectivity index (χ1n) is 6.37. The van der Waals surface area contributed by atoms with Gasteiger partial charge in [-0.1, -0.05) is 22.9 Å². The van der Waals surface area contributed by atoms with Crippen LogP contribution in [0.3, 0.4) is 0 Å². The summed E-state index contributed by atoms with van der Waals surface area (Å²) in [6, 6.07) is 4.73. The van der Waals surface area contributed by atoms with Crippen molar-refractivity contribution in [1.29, 1.82) is 0 Å². The second kappa shape index (κ2) is 3.33. The fraction of sp³-hybridized carbons (Fsp3) is 0.571. The maximum absolute atomic E-state index is 6.41. The third kappa shape index (κ3) is 1.22. The molecule has 18 heavy (non-hydrogen) atoms. The average Bonchev–Trinajstić information content (AvgIpc) is 2.59. The largest absolute Gasteiger partial charge is 0.378 e. The first-order valence-corrected chi connectivity index (χ1v) is 7.96. The Morgan fingerprint density at radius 2 is 2.06 bits per heavy atom.